The molecule has 2 fully saturated rings. The third-order valence-electron chi connectivity index (χ3n) is 7.74. The maximum atomic E-state index is 14.1. The standard InChI is InChI=1S/C23H31F3O/c1-2-14-3-4-16-10-17(6-5-15(16)9-14)18-7-8-19-13-22(27-23(25)26)21(24)12-20(19)11-18/h12-18,23H,2-11H2,1H3. The number of fused-ring (bicyclic) bond motifs is 2. The smallest absolute Gasteiger partial charge is 0.387 e. The van der Waals surface area contributed by atoms with E-state index in [9.17, 15) is 13.2 Å². The van der Waals surface area contributed by atoms with Crippen LogP contribution in [0.3, 0.4) is 0 Å². The van der Waals surface area contributed by atoms with Gasteiger partial charge in [0.15, 0.2) is 11.6 Å². The Hall–Kier alpha value is -1.19. The first-order chi connectivity index (χ1) is 13.0. The van der Waals surface area contributed by atoms with E-state index in [0.29, 0.717) is 5.92 Å². The lowest BCUT2D eigenvalue weighted by Gasteiger charge is -2.45. The van der Waals surface area contributed by atoms with Crippen molar-refractivity contribution < 1.29 is 17.9 Å². The fraction of sp³-hybridized carbons (Fsp3) is 0.739. The molecule has 0 radical (unpaired) electrons. The molecule has 150 valence electrons. The Morgan fingerprint density at radius 1 is 0.926 bits per heavy atom. The molecule has 3 aliphatic rings. The molecule has 0 aromatic heterocycles. The van der Waals surface area contributed by atoms with Crippen LogP contribution in [0.4, 0.5) is 13.2 Å². The van der Waals surface area contributed by atoms with Gasteiger partial charge in [0.1, 0.15) is 0 Å². The minimum absolute atomic E-state index is 0.310. The van der Waals surface area contributed by atoms with Gasteiger partial charge in [0.05, 0.1) is 0 Å². The molecule has 1 aromatic rings. The second-order valence-electron chi connectivity index (χ2n) is 9.11. The molecule has 0 amide bonds. The number of alkyl halides is 2. The third-order valence-corrected chi connectivity index (χ3v) is 7.74. The van der Waals surface area contributed by atoms with Gasteiger partial charge in [0, 0.05) is 0 Å². The molecule has 0 heterocycles. The van der Waals surface area contributed by atoms with Gasteiger partial charge in [-0.1, -0.05) is 19.8 Å². The normalized spacial score (nSPS) is 33.4. The van der Waals surface area contributed by atoms with E-state index >= 15 is 0 Å². The number of ether oxygens (including phenoxy) is 1. The average Bonchev–Trinajstić information content (AvgIpc) is 2.67. The molecule has 4 rings (SSSR count). The lowest BCUT2D eigenvalue weighted by atomic mass is 9.61. The number of hydrogen-bond donors (Lipinski definition) is 0. The van der Waals surface area contributed by atoms with Gasteiger partial charge in [-0.3, -0.25) is 0 Å². The minimum atomic E-state index is -2.98. The van der Waals surface area contributed by atoms with Crippen molar-refractivity contribution >= 4 is 0 Å². The average molecular weight is 380 g/mol. The highest BCUT2D eigenvalue weighted by molar-refractivity contribution is 5.39. The van der Waals surface area contributed by atoms with Crippen LogP contribution in [-0.2, 0) is 12.8 Å². The zero-order valence-electron chi connectivity index (χ0n) is 16.2. The van der Waals surface area contributed by atoms with Crippen molar-refractivity contribution in [2.75, 3.05) is 0 Å². The Labute approximate surface area is 160 Å². The van der Waals surface area contributed by atoms with E-state index in [2.05, 4.69) is 11.7 Å². The molecular formula is C23H31F3O. The fourth-order valence-corrected chi connectivity index (χ4v) is 6.20. The van der Waals surface area contributed by atoms with Crippen LogP contribution >= 0.6 is 0 Å². The van der Waals surface area contributed by atoms with Crippen LogP contribution in [0.15, 0.2) is 12.1 Å². The number of hydrogen-bond acceptors (Lipinski definition) is 1. The largest absolute Gasteiger partial charge is 0.432 e. The minimum Gasteiger partial charge on any atom is -0.432 e. The molecule has 0 saturated heterocycles. The molecule has 3 aliphatic carbocycles. The Balaban J connectivity index is 1.41. The number of benzene rings is 1. The quantitative estimate of drug-likeness (QED) is 0.560. The van der Waals surface area contributed by atoms with Crippen molar-refractivity contribution in [3.05, 3.63) is 29.1 Å². The van der Waals surface area contributed by atoms with Crippen LogP contribution in [0.1, 0.15) is 69.4 Å². The molecular weight excluding hydrogens is 349 g/mol. The van der Waals surface area contributed by atoms with E-state index in [1.165, 1.54) is 57.1 Å². The Bertz CT molecular complexity index is 659. The van der Waals surface area contributed by atoms with Crippen LogP contribution in [0, 0.1) is 35.4 Å². The summed E-state index contributed by atoms with van der Waals surface area (Å²) in [5.41, 5.74) is 1.99. The van der Waals surface area contributed by atoms with E-state index in [1.54, 1.807) is 0 Å². The summed E-state index contributed by atoms with van der Waals surface area (Å²) >= 11 is 0. The van der Waals surface area contributed by atoms with Gasteiger partial charge in [-0.15, -0.1) is 0 Å². The van der Waals surface area contributed by atoms with Crippen molar-refractivity contribution in [1.29, 1.82) is 0 Å². The molecule has 5 atom stereocenters. The van der Waals surface area contributed by atoms with E-state index < -0.39 is 12.4 Å². The van der Waals surface area contributed by atoms with Gasteiger partial charge in [0.25, 0.3) is 0 Å². The van der Waals surface area contributed by atoms with Crippen LogP contribution in [0.25, 0.3) is 0 Å². The maximum absolute atomic E-state index is 14.1. The van der Waals surface area contributed by atoms with Gasteiger partial charge in [-0.05, 0) is 104 Å². The summed E-state index contributed by atoms with van der Waals surface area (Å²) in [7, 11) is 0. The van der Waals surface area contributed by atoms with E-state index in [4.69, 9.17) is 0 Å². The first-order valence-electron chi connectivity index (χ1n) is 10.8. The first-order valence-corrected chi connectivity index (χ1v) is 10.8. The summed E-state index contributed by atoms with van der Waals surface area (Å²) in [4.78, 5) is 0. The highest BCUT2D eigenvalue weighted by Gasteiger charge is 2.38. The highest BCUT2D eigenvalue weighted by atomic mass is 19.3. The summed E-state index contributed by atoms with van der Waals surface area (Å²) in [6, 6.07) is 2.94. The first kappa shape index (κ1) is 19.1. The van der Waals surface area contributed by atoms with Crippen molar-refractivity contribution in [2.45, 2.75) is 77.7 Å². The maximum Gasteiger partial charge on any atom is 0.387 e. The Morgan fingerprint density at radius 3 is 2.37 bits per heavy atom. The summed E-state index contributed by atoms with van der Waals surface area (Å²) in [6.07, 6.45) is 12.4. The molecule has 27 heavy (non-hydrogen) atoms. The SMILES string of the molecule is CCC1CCC2CC(C3CCc4cc(OC(F)F)c(F)cc4C3)CCC2C1. The van der Waals surface area contributed by atoms with E-state index in [1.807, 2.05) is 0 Å². The number of aryl methyl sites for hydroxylation is 1. The topological polar surface area (TPSA) is 9.23 Å². The second-order valence-corrected chi connectivity index (χ2v) is 9.11. The van der Waals surface area contributed by atoms with Gasteiger partial charge in [-0.2, -0.15) is 8.78 Å². The van der Waals surface area contributed by atoms with Crippen molar-refractivity contribution in [2.24, 2.45) is 29.6 Å². The molecule has 0 bridgehead atoms. The second kappa shape index (κ2) is 8.05. The van der Waals surface area contributed by atoms with Gasteiger partial charge < -0.3 is 4.74 Å². The van der Waals surface area contributed by atoms with Gasteiger partial charge >= 0.3 is 6.61 Å². The number of halogens is 3. The molecule has 2 saturated carbocycles. The lowest BCUT2D eigenvalue weighted by molar-refractivity contribution is -0.0522. The highest BCUT2D eigenvalue weighted by Crippen LogP contribution is 2.49. The van der Waals surface area contributed by atoms with E-state index in [0.717, 1.165) is 54.1 Å². The molecule has 5 unspecified atom stereocenters. The lowest BCUT2D eigenvalue weighted by Crippen LogP contribution is -2.35. The summed E-state index contributed by atoms with van der Waals surface area (Å²) in [5.74, 6) is 3.17. The summed E-state index contributed by atoms with van der Waals surface area (Å²) in [5, 5.41) is 0. The van der Waals surface area contributed by atoms with Crippen LogP contribution < -0.4 is 4.74 Å². The zero-order chi connectivity index (χ0) is 19.0. The summed E-state index contributed by atoms with van der Waals surface area (Å²) < 4.78 is 43.3. The van der Waals surface area contributed by atoms with Gasteiger partial charge in [0.2, 0.25) is 0 Å². The molecule has 4 heteroatoms. The summed E-state index contributed by atoms with van der Waals surface area (Å²) in [6.45, 7) is -0.653. The molecule has 0 N–H and O–H groups in total. The van der Waals surface area contributed by atoms with Crippen LogP contribution in [0.2, 0.25) is 0 Å². The monoisotopic (exact) mass is 380 g/mol. The van der Waals surface area contributed by atoms with E-state index in [-0.39, 0.29) is 5.75 Å². The molecule has 1 aromatic carbocycles. The van der Waals surface area contributed by atoms with Crippen molar-refractivity contribution in [3.63, 3.8) is 0 Å². The third kappa shape index (κ3) is 4.14. The number of rotatable bonds is 4. The molecule has 0 aliphatic heterocycles. The Kier molecular flexibility index (Phi) is 5.70. The predicted molar refractivity (Wildman–Crippen MR) is 101 cm³/mol. The van der Waals surface area contributed by atoms with Gasteiger partial charge in [-0.25, -0.2) is 4.39 Å². The van der Waals surface area contributed by atoms with Crippen molar-refractivity contribution in [3.8, 4) is 5.75 Å². The van der Waals surface area contributed by atoms with Crippen LogP contribution in [0.5, 0.6) is 5.75 Å². The predicted octanol–water partition coefficient (Wildman–Crippen LogP) is 6.77. The molecule has 1 nitrogen and oxygen atoms in total. The van der Waals surface area contributed by atoms with Crippen molar-refractivity contribution in [1.82, 2.24) is 0 Å². The zero-order valence-corrected chi connectivity index (χ0v) is 16.2. The Morgan fingerprint density at radius 2 is 1.63 bits per heavy atom. The molecule has 0 spiro atoms. The van der Waals surface area contributed by atoms with Crippen LogP contribution in [-0.4, -0.2) is 6.61 Å². The fourth-order valence-electron chi connectivity index (χ4n) is 6.20.